The molecule has 0 aliphatic heterocycles. The van der Waals surface area contributed by atoms with Crippen molar-refractivity contribution >= 4 is 56.5 Å². The third kappa shape index (κ3) is 5.48. The summed E-state index contributed by atoms with van der Waals surface area (Å²) in [4.78, 5) is 0. The first-order chi connectivity index (χ1) is 9.24. The van der Waals surface area contributed by atoms with Crippen LogP contribution in [0.3, 0.4) is 0 Å². The van der Waals surface area contributed by atoms with Crippen LogP contribution in [0, 0.1) is 0 Å². The van der Waals surface area contributed by atoms with Crippen molar-refractivity contribution in [3.63, 3.8) is 0 Å². The summed E-state index contributed by atoms with van der Waals surface area (Å²) in [5, 5.41) is 16.3. The molecule has 0 saturated carbocycles. The number of rotatable bonds is 8. The van der Waals surface area contributed by atoms with Gasteiger partial charge in [0.25, 0.3) is 0 Å². The number of nitrogen functional groups attached to an aromatic ring is 2. The zero-order valence-electron chi connectivity index (χ0n) is 9.81. The van der Waals surface area contributed by atoms with E-state index in [1.165, 1.54) is 22.7 Å². The summed E-state index contributed by atoms with van der Waals surface area (Å²) in [6.45, 7) is 1.34. The van der Waals surface area contributed by atoms with Crippen LogP contribution in [0.4, 0.5) is 10.3 Å². The fraction of sp³-hybridized carbons (Fsp3) is 0.500. The van der Waals surface area contributed by atoms with Crippen molar-refractivity contribution in [1.82, 2.24) is 20.4 Å². The topological polar surface area (TPSA) is 113 Å². The molecule has 0 amide bonds. The molecule has 0 fully saturated rings. The first kappa shape index (κ1) is 14.8. The highest BCUT2D eigenvalue weighted by atomic mass is 32.2. The van der Waals surface area contributed by atoms with E-state index >= 15 is 0 Å². The van der Waals surface area contributed by atoms with Gasteiger partial charge in [-0.3, -0.25) is 0 Å². The van der Waals surface area contributed by atoms with Gasteiger partial charge in [0.1, 0.15) is 0 Å². The van der Waals surface area contributed by atoms with Crippen LogP contribution in [0.15, 0.2) is 8.68 Å². The van der Waals surface area contributed by atoms with E-state index in [1.54, 1.807) is 23.5 Å². The van der Waals surface area contributed by atoms with E-state index in [9.17, 15) is 0 Å². The molecule has 19 heavy (non-hydrogen) atoms. The summed E-state index contributed by atoms with van der Waals surface area (Å²) in [6, 6.07) is 0. The maximum absolute atomic E-state index is 5.50. The van der Waals surface area contributed by atoms with Crippen molar-refractivity contribution in [2.45, 2.75) is 8.68 Å². The molecule has 2 heterocycles. The summed E-state index contributed by atoms with van der Waals surface area (Å²) >= 11 is 5.97. The molecule has 11 heteroatoms. The molecular formula is C8H12N6OS4. The van der Waals surface area contributed by atoms with Gasteiger partial charge in [-0.1, -0.05) is 46.2 Å². The Bertz CT molecular complexity index is 459. The lowest BCUT2D eigenvalue weighted by Gasteiger charge is -2.01. The molecule has 104 valence electrons. The Kier molecular flexibility index (Phi) is 6.10. The standard InChI is InChI=1S/C8H12N6OS4/c9-5-11-13-7(18-5)16-3-1-15-2-4-17-8-14-12-6(10)19-8/h1-4H2,(H2,9,11)(H2,10,12). The predicted molar refractivity (Wildman–Crippen MR) is 80.9 cm³/mol. The molecule has 0 aliphatic rings. The zero-order chi connectivity index (χ0) is 13.5. The Balaban J connectivity index is 1.48. The minimum atomic E-state index is 0.496. The first-order valence-electron chi connectivity index (χ1n) is 5.25. The second kappa shape index (κ2) is 7.85. The number of nitrogens with two attached hydrogens (primary N) is 2. The lowest BCUT2D eigenvalue weighted by molar-refractivity contribution is 0.167. The van der Waals surface area contributed by atoms with Gasteiger partial charge in [0, 0.05) is 11.5 Å². The highest BCUT2D eigenvalue weighted by Gasteiger charge is 2.02. The number of nitrogens with zero attached hydrogens (tertiary/aromatic N) is 4. The van der Waals surface area contributed by atoms with Gasteiger partial charge < -0.3 is 16.2 Å². The highest BCUT2D eigenvalue weighted by Crippen LogP contribution is 2.24. The molecule has 0 bridgehead atoms. The normalized spacial score (nSPS) is 10.9. The van der Waals surface area contributed by atoms with Crippen molar-refractivity contribution in [3.05, 3.63) is 0 Å². The van der Waals surface area contributed by atoms with Crippen molar-refractivity contribution in [3.8, 4) is 0 Å². The molecular weight excluding hydrogens is 324 g/mol. The Morgan fingerprint density at radius 3 is 1.68 bits per heavy atom. The van der Waals surface area contributed by atoms with Gasteiger partial charge in [-0.05, 0) is 0 Å². The molecule has 2 aromatic rings. The number of aromatic nitrogens is 4. The van der Waals surface area contributed by atoms with Crippen LogP contribution in [-0.4, -0.2) is 45.1 Å². The first-order valence-corrected chi connectivity index (χ1v) is 8.86. The van der Waals surface area contributed by atoms with E-state index in [-0.39, 0.29) is 0 Å². The summed E-state index contributed by atoms with van der Waals surface area (Å²) in [5.41, 5.74) is 11.0. The minimum absolute atomic E-state index is 0.496. The van der Waals surface area contributed by atoms with Crippen LogP contribution in [0.2, 0.25) is 0 Å². The molecule has 0 aliphatic carbocycles. The number of anilines is 2. The summed E-state index contributed by atoms with van der Waals surface area (Å²) in [5.74, 6) is 1.68. The molecule has 4 N–H and O–H groups in total. The number of ether oxygens (including phenoxy) is 1. The summed E-state index contributed by atoms with van der Waals surface area (Å²) < 4.78 is 7.25. The molecule has 0 aromatic carbocycles. The van der Waals surface area contributed by atoms with Crippen molar-refractivity contribution in [2.24, 2.45) is 0 Å². The molecule has 0 atom stereocenters. The van der Waals surface area contributed by atoms with Crippen LogP contribution >= 0.6 is 46.2 Å². The van der Waals surface area contributed by atoms with Crippen LogP contribution in [0.1, 0.15) is 0 Å². The molecule has 0 saturated heterocycles. The van der Waals surface area contributed by atoms with Crippen molar-refractivity contribution in [2.75, 3.05) is 36.2 Å². The van der Waals surface area contributed by atoms with Crippen LogP contribution in [-0.2, 0) is 4.74 Å². The monoisotopic (exact) mass is 336 g/mol. The smallest absolute Gasteiger partial charge is 0.203 e. The van der Waals surface area contributed by atoms with Crippen LogP contribution in [0.5, 0.6) is 0 Å². The van der Waals surface area contributed by atoms with Gasteiger partial charge in [0.05, 0.1) is 13.2 Å². The Morgan fingerprint density at radius 1 is 0.842 bits per heavy atom. The summed E-state index contributed by atoms with van der Waals surface area (Å²) in [6.07, 6.45) is 0. The Labute approximate surface area is 126 Å². The van der Waals surface area contributed by atoms with Gasteiger partial charge in [0.2, 0.25) is 10.3 Å². The molecule has 7 nitrogen and oxygen atoms in total. The fourth-order valence-electron chi connectivity index (χ4n) is 1.04. The maximum atomic E-state index is 5.50. The number of thioether (sulfide) groups is 2. The summed E-state index contributed by atoms with van der Waals surface area (Å²) in [7, 11) is 0. The maximum Gasteiger partial charge on any atom is 0.203 e. The molecule has 0 unspecified atom stereocenters. The number of hydrogen-bond acceptors (Lipinski definition) is 11. The molecule has 2 aromatic heterocycles. The Morgan fingerprint density at radius 2 is 1.32 bits per heavy atom. The van der Waals surface area contributed by atoms with Crippen molar-refractivity contribution in [1.29, 1.82) is 0 Å². The minimum Gasteiger partial charge on any atom is -0.380 e. The zero-order valence-corrected chi connectivity index (χ0v) is 13.1. The van der Waals surface area contributed by atoms with E-state index in [0.717, 1.165) is 20.2 Å². The molecule has 0 radical (unpaired) electrons. The number of hydrogen-bond donors (Lipinski definition) is 2. The molecule has 2 rings (SSSR count). The van der Waals surface area contributed by atoms with E-state index in [2.05, 4.69) is 20.4 Å². The lowest BCUT2D eigenvalue weighted by Crippen LogP contribution is -2.01. The molecule has 0 spiro atoms. The van der Waals surface area contributed by atoms with E-state index in [4.69, 9.17) is 16.2 Å². The second-order valence-electron chi connectivity index (χ2n) is 3.12. The second-order valence-corrected chi connectivity index (χ2v) is 7.82. The predicted octanol–water partition coefficient (Wildman–Crippen LogP) is 1.45. The van der Waals surface area contributed by atoms with E-state index in [0.29, 0.717) is 23.5 Å². The van der Waals surface area contributed by atoms with Gasteiger partial charge >= 0.3 is 0 Å². The SMILES string of the molecule is Nc1nnc(SCCOCCSc2nnc(N)s2)s1. The Hall–Kier alpha value is -0.620. The van der Waals surface area contributed by atoms with Gasteiger partial charge in [-0.15, -0.1) is 20.4 Å². The van der Waals surface area contributed by atoms with Gasteiger partial charge in [0.15, 0.2) is 8.68 Å². The largest absolute Gasteiger partial charge is 0.380 e. The van der Waals surface area contributed by atoms with Gasteiger partial charge in [-0.2, -0.15) is 0 Å². The van der Waals surface area contributed by atoms with E-state index in [1.807, 2.05) is 0 Å². The highest BCUT2D eigenvalue weighted by molar-refractivity contribution is 8.01. The van der Waals surface area contributed by atoms with E-state index < -0.39 is 0 Å². The average Bonchev–Trinajstić information content (AvgIpc) is 2.97. The third-order valence-corrected chi connectivity index (χ3v) is 5.45. The fourth-order valence-corrected chi connectivity index (χ4v) is 4.15. The van der Waals surface area contributed by atoms with Crippen LogP contribution in [0.25, 0.3) is 0 Å². The third-order valence-electron chi connectivity index (χ3n) is 1.75. The lowest BCUT2D eigenvalue weighted by atomic mass is 10.8. The van der Waals surface area contributed by atoms with Crippen LogP contribution < -0.4 is 11.5 Å². The van der Waals surface area contributed by atoms with Gasteiger partial charge in [-0.25, -0.2) is 0 Å². The average molecular weight is 336 g/mol. The van der Waals surface area contributed by atoms with Crippen molar-refractivity contribution < 1.29 is 4.74 Å². The quantitative estimate of drug-likeness (QED) is 0.546.